The van der Waals surface area contributed by atoms with Gasteiger partial charge in [-0.3, -0.25) is 9.59 Å². The SMILES string of the molecule is COc1ccc(C(=O)N2CCCN(C(=O)c3cc[nH]c3)CC2)c(Cl)c1. The number of rotatable bonds is 3. The maximum absolute atomic E-state index is 12.8. The van der Waals surface area contributed by atoms with Gasteiger partial charge in [-0.15, -0.1) is 0 Å². The third kappa shape index (κ3) is 3.79. The van der Waals surface area contributed by atoms with Crippen LogP contribution in [0.15, 0.2) is 36.7 Å². The van der Waals surface area contributed by atoms with Gasteiger partial charge in [-0.1, -0.05) is 11.6 Å². The second kappa shape index (κ2) is 7.61. The number of aromatic amines is 1. The van der Waals surface area contributed by atoms with Gasteiger partial charge in [-0.2, -0.15) is 0 Å². The van der Waals surface area contributed by atoms with Crippen molar-refractivity contribution in [1.82, 2.24) is 14.8 Å². The molecule has 1 aromatic carbocycles. The van der Waals surface area contributed by atoms with Gasteiger partial charge in [0.25, 0.3) is 11.8 Å². The highest BCUT2D eigenvalue weighted by Gasteiger charge is 2.24. The normalized spacial score (nSPS) is 15.0. The average molecular weight is 362 g/mol. The van der Waals surface area contributed by atoms with Gasteiger partial charge in [0.05, 0.1) is 23.3 Å². The lowest BCUT2D eigenvalue weighted by atomic mass is 10.2. The molecule has 1 saturated heterocycles. The van der Waals surface area contributed by atoms with E-state index < -0.39 is 0 Å². The predicted octanol–water partition coefficient (Wildman–Crippen LogP) is 2.67. The highest BCUT2D eigenvalue weighted by molar-refractivity contribution is 6.34. The Hall–Kier alpha value is -2.47. The van der Waals surface area contributed by atoms with Crippen LogP contribution in [0.3, 0.4) is 0 Å². The van der Waals surface area contributed by atoms with E-state index >= 15 is 0 Å². The van der Waals surface area contributed by atoms with Crippen LogP contribution in [0.2, 0.25) is 5.02 Å². The Balaban J connectivity index is 1.68. The Labute approximate surface area is 151 Å². The molecule has 25 heavy (non-hydrogen) atoms. The van der Waals surface area contributed by atoms with Crippen LogP contribution in [-0.2, 0) is 0 Å². The maximum atomic E-state index is 12.8. The number of hydrogen-bond acceptors (Lipinski definition) is 3. The zero-order chi connectivity index (χ0) is 17.8. The van der Waals surface area contributed by atoms with Gasteiger partial charge in [0, 0.05) is 38.6 Å². The number of nitrogens with one attached hydrogen (secondary N) is 1. The summed E-state index contributed by atoms with van der Waals surface area (Å²) in [5, 5.41) is 0.369. The Morgan fingerprint density at radius 3 is 2.40 bits per heavy atom. The van der Waals surface area contributed by atoms with Crippen molar-refractivity contribution >= 4 is 23.4 Å². The smallest absolute Gasteiger partial charge is 0.255 e. The Morgan fingerprint density at radius 2 is 1.80 bits per heavy atom. The van der Waals surface area contributed by atoms with Crippen LogP contribution in [0.25, 0.3) is 0 Å². The fourth-order valence-electron chi connectivity index (χ4n) is 2.93. The zero-order valence-corrected chi connectivity index (χ0v) is 14.8. The van der Waals surface area contributed by atoms with Crippen molar-refractivity contribution in [2.24, 2.45) is 0 Å². The van der Waals surface area contributed by atoms with E-state index in [2.05, 4.69) is 4.98 Å². The Kier molecular flexibility index (Phi) is 5.28. The molecule has 0 spiro atoms. The number of amides is 2. The first kappa shape index (κ1) is 17.4. The first-order valence-electron chi connectivity index (χ1n) is 8.15. The molecular weight excluding hydrogens is 342 g/mol. The molecule has 0 saturated carbocycles. The molecule has 2 amide bonds. The molecule has 0 radical (unpaired) electrons. The molecule has 0 aliphatic carbocycles. The molecule has 1 aliphatic rings. The van der Waals surface area contributed by atoms with Crippen LogP contribution in [0, 0.1) is 0 Å². The fourth-order valence-corrected chi connectivity index (χ4v) is 3.18. The van der Waals surface area contributed by atoms with E-state index in [1.807, 2.05) is 0 Å². The topological polar surface area (TPSA) is 65.6 Å². The number of hydrogen-bond donors (Lipinski definition) is 1. The van der Waals surface area contributed by atoms with Crippen molar-refractivity contribution in [3.05, 3.63) is 52.8 Å². The molecule has 0 bridgehead atoms. The summed E-state index contributed by atoms with van der Waals surface area (Å²) in [6.07, 6.45) is 4.15. The molecule has 132 valence electrons. The Bertz CT molecular complexity index is 761. The summed E-state index contributed by atoms with van der Waals surface area (Å²) in [7, 11) is 1.55. The van der Waals surface area contributed by atoms with Crippen molar-refractivity contribution < 1.29 is 14.3 Å². The molecule has 2 aromatic rings. The number of carbonyl (C=O) groups excluding carboxylic acids is 2. The lowest BCUT2D eigenvalue weighted by Gasteiger charge is -2.22. The van der Waals surface area contributed by atoms with Crippen LogP contribution in [0.4, 0.5) is 0 Å². The number of carbonyl (C=O) groups is 2. The summed E-state index contributed by atoms with van der Waals surface area (Å²) >= 11 is 6.21. The molecule has 1 aromatic heterocycles. The third-order valence-electron chi connectivity index (χ3n) is 4.32. The molecular formula is C18H20ClN3O3. The van der Waals surface area contributed by atoms with Crippen LogP contribution >= 0.6 is 11.6 Å². The minimum Gasteiger partial charge on any atom is -0.497 e. The minimum absolute atomic E-state index is 0.0157. The number of H-pyrrole nitrogens is 1. The lowest BCUT2D eigenvalue weighted by Crippen LogP contribution is -2.37. The van der Waals surface area contributed by atoms with Crippen molar-refractivity contribution in [1.29, 1.82) is 0 Å². The molecule has 2 heterocycles. The van der Waals surface area contributed by atoms with Crippen molar-refractivity contribution in [2.45, 2.75) is 6.42 Å². The molecule has 1 N–H and O–H groups in total. The number of halogens is 1. The number of methoxy groups -OCH3 is 1. The van der Waals surface area contributed by atoms with Gasteiger partial charge < -0.3 is 19.5 Å². The monoisotopic (exact) mass is 361 g/mol. The number of aromatic nitrogens is 1. The van der Waals surface area contributed by atoms with E-state index in [1.54, 1.807) is 53.6 Å². The summed E-state index contributed by atoms with van der Waals surface area (Å²) in [6.45, 7) is 2.21. The van der Waals surface area contributed by atoms with Gasteiger partial charge in [-0.25, -0.2) is 0 Å². The van der Waals surface area contributed by atoms with E-state index in [1.165, 1.54) is 0 Å². The first-order chi connectivity index (χ1) is 12.1. The van der Waals surface area contributed by atoms with E-state index in [4.69, 9.17) is 16.3 Å². The van der Waals surface area contributed by atoms with Crippen molar-refractivity contribution in [3.63, 3.8) is 0 Å². The maximum Gasteiger partial charge on any atom is 0.255 e. The molecule has 7 heteroatoms. The Morgan fingerprint density at radius 1 is 1.08 bits per heavy atom. The second-order valence-electron chi connectivity index (χ2n) is 5.88. The molecule has 0 atom stereocenters. The average Bonchev–Trinajstić information content (AvgIpc) is 3.05. The molecule has 3 rings (SSSR count). The third-order valence-corrected chi connectivity index (χ3v) is 4.63. The van der Waals surface area contributed by atoms with Crippen molar-refractivity contribution in [3.8, 4) is 5.75 Å². The second-order valence-corrected chi connectivity index (χ2v) is 6.29. The largest absolute Gasteiger partial charge is 0.497 e. The molecule has 0 unspecified atom stereocenters. The highest BCUT2D eigenvalue weighted by Crippen LogP contribution is 2.24. The number of benzene rings is 1. The summed E-state index contributed by atoms with van der Waals surface area (Å²) < 4.78 is 5.11. The zero-order valence-electron chi connectivity index (χ0n) is 14.0. The van der Waals surface area contributed by atoms with Crippen LogP contribution in [0.1, 0.15) is 27.1 Å². The van der Waals surface area contributed by atoms with Crippen molar-refractivity contribution in [2.75, 3.05) is 33.3 Å². The number of nitrogens with zero attached hydrogens (tertiary/aromatic N) is 2. The van der Waals surface area contributed by atoms with Gasteiger partial charge in [0.1, 0.15) is 5.75 Å². The van der Waals surface area contributed by atoms with Gasteiger partial charge in [0.15, 0.2) is 0 Å². The van der Waals surface area contributed by atoms with Gasteiger partial charge in [-0.05, 0) is 30.7 Å². The standard InChI is InChI=1S/C18H20ClN3O3/c1-25-14-3-4-15(16(19)11-14)18(24)22-8-2-7-21(9-10-22)17(23)13-5-6-20-12-13/h3-6,11-12,20H,2,7-10H2,1H3. The van der Waals surface area contributed by atoms with Crippen LogP contribution < -0.4 is 4.74 Å². The summed E-state index contributed by atoms with van der Waals surface area (Å²) in [6, 6.07) is 6.79. The van der Waals surface area contributed by atoms with Gasteiger partial charge >= 0.3 is 0 Å². The van der Waals surface area contributed by atoms with E-state index in [-0.39, 0.29) is 11.8 Å². The molecule has 1 aliphatic heterocycles. The minimum atomic E-state index is -0.122. The molecule has 6 nitrogen and oxygen atoms in total. The fraction of sp³-hybridized carbons (Fsp3) is 0.333. The van der Waals surface area contributed by atoms with E-state index in [9.17, 15) is 9.59 Å². The predicted molar refractivity (Wildman–Crippen MR) is 95.2 cm³/mol. The number of ether oxygens (including phenoxy) is 1. The highest BCUT2D eigenvalue weighted by atomic mass is 35.5. The lowest BCUT2D eigenvalue weighted by molar-refractivity contribution is 0.0719. The quantitative estimate of drug-likeness (QED) is 0.914. The molecule has 1 fully saturated rings. The first-order valence-corrected chi connectivity index (χ1v) is 8.53. The van der Waals surface area contributed by atoms with Crippen LogP contribution in [0.5, 0.6) is 5.75 Å². The summed E-state index contributed by atoms with van der Waals surface area (Å²) in [4.78, 5) is 31.6. The van der Waals surface area contributed by atoms with E-state index in [0.717, 1.165) is 6.42 Å². The van der Waals surface area contributed by atoms with Gasteiger partial charge in [0.2, 0.25) is 0 Å². The van der Waals surface area contributed by atoms with Crippen LogP contribution in [-0.4, -0.2) is 59.9 Å². The van der Waals surface area contributed by atoms with E-state index in [0.29, 0.717) is 48.1 Å². The summed E-state index contributed by atoms with van der Waals surface area (Å²) in [5.74, 6) is 0.474. The summed E-state index contributed by atoms with van der Waals surface area (Å²) in [5.41, 5.74) is 1.09.